The van der Waals surface area contributed by atoms with Gasteiger partial charge in [0.1, 0.15) is 11.6 Å². The summed E-state index contributed by atoms with van der Waals surface area (Å²) in [5.74, 6) is 1.71. The first-order valence-corrected chi connectivity index (χ1v) is 6.77. The number of hydrogen-bond donors (Lipinski definition) is 1. The second-order valence-electron chi connectivity index (χ2n) is 4.94. The zero-order chi connectivity index (χ0) is 13.1. The molecular formula is C16H18N2O. The van der Waals surface area contributed by atoms with Crippen LogP contribution < -0.4 is 10.5 Å². The Hall–Kier alpha value is -2.03. The van der Waals surface area contributed by atoms with Crippen molar-refractivity contribution in [2.24, 2.45) is 0 Å². The van der Waals surface area contributed by atoms with E-state index in [2.05, 4.69) is 29.2 Å². The highest BCUT2D eigenvalue weighted by molar-refractivity contribution is 5.40. The number of rotatable bonds is 4. The molecule has 2 heterocycles. The smallest absolute Gasteiger partial charge is 0.126 e. The van der Waals surface area contributed by atoms with Gasteiger partial charge in [-0.2, -0.15) is 0 Å². The molecule has 3 nitrogen and oxygen atoms in total. The maximum atomic E-state index is 5.85. The van der Waals surface area contributed by atoms with Gasteiger partial charge in [-0.3, -0.25) is 0 Å². The van der Waals surface area contributed by atoms with Gasteiger partial charge in [-0.05, 0) is 48.1 Å². The van der Waals surface area contributed by atoms with Crippen LogP contribution in [0, 0.1) is 0 Å². The number of benzene rings is 1. The van der Waals surface area contributed by atoms with E-state index in [1.54, 1.807) is 6.20 Å². The highest BCUT2D eigenvalue weighted by atomic mass is 16.5. The van der Waals surface area contributed by atoms with Gasteiger partial charge in [-0.25, -0.2) is 4.98 Å². The molecule has 1 aromatic heterocycles. The van der Waals surface area contributed by atoms with E-state index in [1.165, 1.54) is 11.1 Å². The number of fused-ring (bicyclic) bond motifs is 1. The van der Waals surface area contributed by atoms with Gasteiger partial charge in [0.05, 0.1) is 6.61 Å². The quantitative estimate of drug-likeness (QED) is 0.912. The first-order chi connectivity index (χ1) is 9.33. The van der Waals surface area contributed by atoms with Crippen LogP contribution in [-0.4, -0.2) is 11.6 Å². The lowest BCUT2D eigenvalue weighted by atomic mass is 10.0. The van der Waals surface area contributed by atoms with Crippen molar-refractivity contribution in [2.45, 2.75) is 25.7 Å². The lowest BCUT2D eigenvalue weighted by Gasteiger charge is -2.06. The van der Waals surface area contributed by atoms with E-state index in [0.29, 0.717) is 5.82 Å². The maximum absolute atomic E-state index is 5.85. The van der Waals surface area contributed by atoms with Crippen molar-refractivity contribution >= 4 is 5.82 Å². The summed E-state index contributed by atoms with van der Waals surface area (Å²) < 4.78 is 5.52. The molecule has 0 atom stereocenters. The van der Waals surface area contributed by atoms with Crippen molar-refractivity contribution in [3.05, 3.63) is 53.2 Å². The predicted octanol–water partition coefficient (Wildman–Crippen LogP) is 2.77. The fourth-order valence-electron chi connectivity index (χ4n) is 2.54. The van der Waals surface area contributed by atoms with Crippen LogP contribution in [0.4, 0.5) is 5.82 Å². The molecule has 0 saturated carbocycles. The molecule has 0 bridgehead atoms. The lowest BCUT2D eigenvalue weighted by molar-refractivity contribution is 0.357. The van der Waals surface area contributed by atoms with Gasteiger partial charge < -0.3 is 10.5 Å². The van der Waals surface area contributed by atoms with Crippen LogP contribution in [0.3, 0.4) is 0 Å². The predicted molar refractivity (Wildman–Crippen MR) is 76.3 cm³/mol. The molecule has 98 valence electrons. The molecule has 2 aromatic rings. The van der Waals surface area contributed by atoms with Gasteiger partial charge in [0.2, 0.25) is 0 Å². The number of nitrogens with two attached hydrogens (primary N) is 1. The number of aryl methyl sites for hydroxylation is 2. The van der Waals surface area contributed by atoms with Crippen LogP contribution in [0.15, 0.2) is 36.5 Å². The molecule has 0 spiro atoms. The molecule has 1 aliphatic rings. The summed E-state index contributed by atoms with van der Waals surface area (Å²) in [5.41, 5.74) is 9.72. The minimum Gasteiger partial charge on any atom is -0.493 e. The van der Waals surface area contributed by atoms with Crippen LogP contribution in [0.25, 0.3) is 0 Å². The fraction of sp³-hybridized carbons (Fsp3) is 0.312. The second kappa shape index (κ2) is 5.31. The summed E-state index contributed by atoms with van der Waals surface area (Å²) >= 11 is 0. The summed E-state index contributed by atoms with van der Waals surface area (Å²) in [6, 6.07) is 10.5. The summed E-state index contributed by atoms with van der Waals surface area (Å²) in [4.78, 5) is 4.11. The molecule has 1 aliphatic heterocycles. The van der Waals surface area contributed by atoms with Crippen LogP contribution in [-0.2, 0) is 19.3 Å². The zero-order valence-electron chi connectivity index (χ0n) is 10.9. The van der Waals surface area contributed by atoms with Crippen LogP contribution in [0.5, 0.6) is 5.75 Å². The van der Waals surface area contributed by atoms with Crippen molar-refractivity contribution in [3.8, 4) is 5.75 Å². The largest absolute Gasteiger partial charge is 0.493 e. The van der Waals surface area contributed by atoms with E-state index in [4.69, 9.17) is 10.5 Å². The van der Waals surface area contributed by atoms with Crippen molar-refractivity contribution < 1.29 is 4.74 Å². The molecule has 0 saturated heterocycles. The number of anilines is 1. The molecule has 0 fully saturated rings. The van der Waals surface area contributed by atoms with Gasteiger partial charge in [-0.15, -0.1) is 0 Å². The molecule has 2 N–H and O–H groups in total. The highest BCUT2D eigenvalue weighted by Gasteiger charge is 2.11. The van der Waals surface area contributed by atoms with E-state index >= 15 is 0 Å². The molecule has 1 aromatic carbocycles. The van der Waals surface area contributed by atoms with Crippen LogP contribution in [0.1, 0.15) is 23.1 Å². The van der Waals surface area contributed by atoms with Crippen LogP contribution in [0.2, 0.25) is 0 Å². The molecule has 0 aliphatic carbocycles. The van der Waals surface area contributed by atoms with E-state index < -0.39 is 0 Å². The average molecular weight is 254 g/mol. The third kappa shape index (κ3) is 2.70. The Morgan fingerprint density at radius 2 is 2.16 bits per heavy atom. The van der Waals surface area contributed by atoms with Crippen molar-refractivity contribution in [2.75, 3.05) is 12.3 Å². The minimum atomic E-state index is 0.657. The van der Waals surface area contributed by atoms with E-state index in [1.807, 2.05) is 6.07 Å². The molecule has 3 heteroatoms. The number of aromatic nitrogens is 1. The monoisotopic (exact) mass is 254 g/mol. The lowest BCUT2D eigenvalue weighted by Crippen LogP contribution is -1.98. The maximum Gasteiger partial charge on any atom is 0.126 e. The van der Waals surface area contributed by atoms with Gasteiger partial charge in [-0.1, -0.05) is 18.2 Å². The van der Waals surface area contributed by atoms with Crippen LogP contribution >= 0.6 is 0 Å². The number of hydrogen-bond acceptors (Lipinski definition) is 3. The summed E-state index contributed by atoms with van der Waals surface area (Å²) in [7, 11) is 0. The van der Waals surface area contributed by atoms with Gasteiger partial charge in [0.25, 0.3) is 0 Å². The number of nitrogen functional groups attached to an aromatic ring is 1. The summed E-state index contributed by atoms with van der Waals surface area (Å²) in [6.45, 7) is 0.824. The standard InChI is InChI=1S/C16H18N2O/c17-16-13(5-2-9-18-16)4-1-3-12-6-7-15-14(11-12)8-10-19-15/h2,5-7,9,11H,1,3-4,8,10H2,(H2,17,18). The Kier molecular flexibility index (Phi) is 3.36. The Labute approximate surface area is 113 Å². The van der Waals surface area contributed by atoms with E-state index in [0.717, 1.165) is 43.6 Å². The first kappa shape index (κ1) is 12.0. The Morgan fingerprint density at radius 1 is 1.21 bits per heavy atom. The molecule has 3 rings (SSSR count). The summed E-state index contributed by atoms with van der Waals surface area (Å²) in [5, 5.41) is 0. The van der Waals surface area contributed by atoms with Crippen molar-refractivity contribution in [1.29, 1.82) is 0 Å². The molecule has 0 amide bonds. The fourth-order valence-corrected chi connectivity index (χ4v) is 2.54. The normalized spacial score (nSPS) is 13.1. The number of pyridine rings is 1. The first-order valence-electron chi connectivity index (χ1n) is 6.77. The zero-order valence-corrected chi connectivity index (χ0v) is 10.9. The Balaban J connectivity index is 1.59. The second-order valence-corrected chi connectivity index (χ2v) is 4.94. The third-order valence-electron chi connectivity index (χ3n) is 3.59. The number of ether oxygens (including phenoxy) is 1. The van der Waals surface area contributed by atoms with E-state index in [-0.39, 0.29) is 0 Å². The molecule has 0 radical (unpaired) electrons. The SMILES string of the molecule is Nc1ncccc1CCCc1ccc2c(c1)CCO2. The summed E-state index contributed by atoms with van der Waals surface area (Å²) in [6.07, 6.45) is 5.92. The van der Waals surface area contributed by atoms with Gasteiger partial charge in [0, 0.05) is 12.6 Å². The highest BCUT2D eigenvalue weighted by Crippen LogP contribution is 2.26. The number of nitrogens with zero attached hydrogens (tertiary/aromatic N) is 1. The third-order valence-corrected chi connectivity index (χ3v) is 3.59. The molecule has 0 unspecified atom stereocenters. The van der Waals surface area contributed by atoms with Crippen molar-refractivity contribution in [1.82, 2.24) is 4.98 Å². The van der Waals surface area contributed by atoms with E-state index in [9.17, 15) is 0 Å². The average Bonchev–Trinajstić information content (AvgIpc) is 2.88. The molecular weight excluding hydrogens is 236 g/mol. The Bertz CT molecular complexity index is 581. The Morgan fingerprint density at radius 3 is 3.05 bits per heavy atom. The molecule has 19 heavy (non-hydrogen) atoms. The topological polar surface area (TPSA) is 48.1 Å². The van der Waals surface area contributed by atoms with Gasteiger partial charge >= 0.3 is 0 Å². The van der Waals surface area contributed by atoms with Gasteiger partial charge in [0.15, 0.2) is 0 Å². The minimum absolute atomic E-state index is 0.657. The van der Waals surface area contributed by atoms with Crippen molar-refractivity contribution in [3.63, 3.8) is 0 Å².